The van der Waals surface area contributed by atoms with Crippen molar-refractivity contribution in [2.75, 3.05) is 26.4 Å². The molecule has 0 aromatic heterocycles. The van der Waals surface area contributed by atoms with Crippen LogP contribution in [-0.4, -0.2) is 92.3 Å². The third kappa shape index (κ3) is 27.4. The minimum absolute atomic E-state index is 0.133. The molecule has 0 aliphatic carbocycles. The van der Waals surface area contributed by atoms with Crippen molar-refractivity contribution in [2.24, 2.45) is 0 Å². The molecular weight excluding hydrogens is 296 g/mol. The van der Waals surface area contributed by atoms with Gasteiger partial charge >= 0.3 is 17.9 Å². The zero-order valence-electron chi connectivity index (χ0n) is 11.2. The van der Waals surface area contributed by atoms with Crippen LogP contribution in [0.15, 0.2) is 0 Å². The molecule has 0 aromatic carbocycles. The van der Waals surface area contributed by atoms with E-state index in [1.54, 1.807) is 0 Å². The molecule has 21 heavy (non-hydrogen) atoms. The molecule has 0 radical (unpaired) electrons. The lowest BCUT2D eigenvalue weighted by atomic mass is 10.4. The molecule has 0 aromatic rings. The molecule has 0 bridgehead atoms. The van der Waals surface area contributed by atoms with E-state index in [4.69, 9.17) is 45.3 Å². The summed E-state index contributed by atoms with van der Waals surface area (Å²) in [7, 11) is 0. The molecule has 1 atom stereocenters. The smallest absolute Gasteiger partial charge is 0.414 e. The Balaban J connectivity index is -0.000000240. The molecule has 11 nitrogen and oxygen atoms in total. The van der Waals surface area contributed by atoms with E-state index in [1.165, 1.54) is 6.92 Å². The predicted octanol–water partition coefficient (Wildman–Crippen LogP) is -3.61. The van der Waals surface area contributed by atoms with Crippen molar-refractivity contribution >= 4 is 17.9 Å². The largest absolute Gasteiger partial charge is 0.473 e. The molecule has 0 rings (SSSR count). The molecule has 11 heteroatoms. The first-order valence-corrected chi connectivity index (χ1v) is 5.40. The van der Waals surface area contributed by atoms with E-state index < -0.39 is 30.1 Å². The summed E-state index contributed by atoms with van der Waals surface area (Å²) in [4.78, 5) is 28.2. The number of carboxylic acids is 2. The van der Waals surface area contributed by atoms with Gasteiger partial charge < -0.3 is 40.5 Å². The summed E-state index contributed by atoms with van der Waals surface area (Å²) in [6.07, 6.45) is -1.90. The number of hydrogen-bond acceptors (Lipinski definition) is 9. The quantitative estimate of drug-likeness (QED) is 0.195. The Morgan fingerprint density at radius 3 is 1.33 bits per heavy atom. The van der Waals surface area contributed by atoms with Crippen molar-refractivity contribution in [2.45, 2.75) is 19.1 Å². The summed E-state index contributed by atoms with van der Waals surface area (Å²) in [6.45, 7) is -0.00376. The van der Waals surface area contributed by atoms with Crippen LogP contribution in [0.3, 0.4) is 0 Å². The Hall–Kier alpha value is -1.79. The lowest BCUT2D eigenvalue weighted by Gasteiger charge is -2.05. The predicted molar refractivity (Wildman–Crippen MR) is 65.2 cm³/mol. The molecular formula is C10H20O11. The molecule has 0 saturated heterocycles. The van der Waals surface area contributed by atoms with Gasteiger partial charge in [0.2, 0.25) is 0 Å². The van der Waals surface area contributed by atoms with Gasteiger partial charge in [-0.2, -0.15) is 0 Å². The number of carbonyl (C=O) groups is 3. The van der Waals surface area contributed by atoms with Crippen LogP contribution >= 0.6 is 0 Å². The Kier molecular flexibility index (Phi) is 18.8. The van der Waals surface area contributed by atoms with Gasteiger partial charge in [-0.3, -0.25) is 4.79 Å². The fourth-order valence-corrected chi connectivity index (χ4v) is 0.324. The van der Waals surface area contributed by atoms with Gasteiger partial charge in [-0.1, -0.05) is 0 Å². The molecule has 1 unspecified atom stereocenters. The van der Waals surface area contributed by atoms with Gasteiger partial charge in [0.05, 0.1) is 19.8 Å². The van der Waals surface area contributed by atoms with Crippen LogP contribution in [0.4, 0.5) is 0 Å². The summed E-state index contributed by atoms with van der Waals surface area (Å²) in [5.41, 5.74) is 0. The highest BCUT2D eigenvalue weighted by Gasteiger charge is 2.04. The second kappa shape index (κ2) is 16.3. The maximum Gasteiger partial charge on any atom is 0.414 e. The van der Waals surface area contributed by atoms with Crippen LogP contribution in [0.2, 0.25) is 0 Å². The van der Waals surface area contributed by atoms with Crippen LogP contribution < -0.4 is 0 Å². The van der Waals surface area contributed by atoms with E-state index in [0.717, 1.165) is 0 Å². The molecule has 0 aliphatic heterocycles. The van der Waals surface area contributed by atoms with Crippen molar-refractivity contribution in [3.8, 4) is 0 Å². The maximum atomic E-state index is 10.0. The summed E-state index contributed by atoms with van der Waals surface area (Å²) >= 11 is 0. The normalized spacial score (nSPS) is 10.4. The van der Waals surface area contributed by atoms with Gasteiger partial charge in [0.15, 0.2) is 0 Å². The fraction of sp³-hybridized carbons (Fsp3) is 0.700. The average molecular weight is 316 g/mol. The number of carbonyl (C=O) groups excluding carboxylic acids is 1. The van der Waals surface area contributed by atoms with E-state index in [1.807, 2.05) is 0 Å². The number of hydrogen-bond donors (Lipinski definition) is 7. The molecule has 0 fully saturated rings. The Bertz CT molecular complexity index is 275. The van der Waals surface area contributed by atoms with E-state index in [-0.39, 0.29) is 26.4 Å². The summed E-state index contributed by atoms with van der Waals surface area (Å²) in [6, 6.07) is 0. The van der Waals surface area contributed by atoms with Crippen molar-refractivity contribution < 1.29 is 54.9 Å². The van der Waals surface area contributed by atoms with Crippen molar-refractivity contribution in [3.05, 3.63) is 0 Å². The van der Waals surface area contributed by atoms with E-state index >= 15 is 0 Å². The van der Waals surface area contributed by atoms with Crippen LogP contribution in [0.25, 0.3) is 0 Å². The third-order valence-corrected chi connectivity index (χ3v) is 1.29. The number of aliphatic carboxylic acids is 2. The van der Waals surface area contributed by atoms with Gasteiger partial charge in [-0.05, 0) is 0 Å². The fourth-order valence-electron chi connectivity index (χ4n) is 0.324. The zero-order valence-corrected chi connectivity index (χ0v) is 11.2. The molecule has 0 amide bonds. The minimum Gasteiger partial charge on any atom is -0.473 e. The molecule has 0 saturated carbocycles. The highest BCUT2D eigenvalue weighted by molar-refractivity contribution is 6.27. The van der Waals surface area contributed by atoms with Crippen LogP contribution in [0, 0.1) is 0 Å². The number of aliphatic hydroxyl groups excluding tert-OH is 5. The molecule has 126 valence electrons. The number of aliphatic hydroxyl groups is 5. The number of esters is 1. The van der Waals surface area contributed by atoms with Crippen LogP contribution in [-0.2, 0) is 19.1 Å². The SMILES string of the molecule is CC(=O)OCC(O)CO.O=C(O)C(=O)O.OCC(O)CO. The summed E-state index contributed by atoms with van der Waals surface area (Å²) in [5.74, 6) is -4.10. The second-order valence-corrected chi connectivity index (χ2v) is 3.27. The van der Waals surface area contributed by atoms with Crippen molar-refractivity contribution in [3.63, 3.8) is 0 Å². The highest BCUT2D eigenvalue weighted by atomic mass is 16.5. The van der Waals surface area contributed by atoms with Gasteiger partial charge in [0.1, 0.15) is 18.8 Å². The third-order valence-electron chi connectivity index (χ3n) is 1.29. The van der Waals surface area contributed by atoms with Crippen molar-refractivity contribution in [1.82, 2.24) is 0 Å². The average Bonchev–Trinajstić information content (AvgIpc) is 2.44. The summed E-state index contributed by atoms with van der Waals surface area (Å²) in [5, 5.41) is 55.6. The van der Waals surface area contributed by atoms with E-state index in [2.05, 4.69) is 4.74 Å². The minimum atomic E-state index is -1.82. The monoisotopic (exact) mass is 316 g/mol. The first kappa shape index (κ1) is 24.2. The van der Waals surface area contributed by atoms with Gasteiger partial charge in [0.25, 0.3) is 0 Å². The second-order valence-electron chi connectivity index (χ2n) is 3.27. The summed E-state index contributed by atoms with van der Waals surface area (Å²) < 4.78 is 4.35. The first-order valence-electron chi connectivity index (χ1n) is 5.40. The lowest BCUT2D eigenvalue weighted by Crippen LogP contribution is -2.20. The van der Waals surface area contributed by atoms with Crippen LogP contribution in [0.1, 0.15) is 6.92 Å². The Labute approximate surface area is 119 Å². The molecule has 0 heterocycles. The van der Waals surface area contributed by atoms with E-state index in [9.17, 15) is 4.79 Å². The first-order chi connectivity index (χ1) is 9.61. The van der Waals surface area contributed by atoms with Gasteiger partial charge in [0, 0.05) is 6.92 Å². The van der Waals surface area contributed by atoms with Crippen molar-refractivity contribution in [1.29, 1.82) is 0 Å². The van der Waals surface area contributed by atoms with E-state index in [0.29, 0.717) is 0 Å². The maximum absolute atomic E-state index is 10.0. The highest BCUT2D eigenvalue weighted by Crippen LogP contribution is 1.83. The Morgan fingerprint density at radius 1 is 0.857 bits per heavy atom. The zero-order chi connectivity index (χ0) is 17.4. The Morgan fingerprint density at radius 2 is 1.19 bits per heavy atom. The topological polar surface area (TPSA) is 202 Å². The number of ether oxygens (including phenoxy) is 1. The number of carboxylic acid groups (broad SMARTS) is 2. The lowest BCUT2D eigenvalue weighted by molar-refractivity contribution is -0.159. The standard InChI is InChI=1S/C5H10O4.C3H8O3.C2H2O4/c1-4(7)9-3-5(8)2-6;4-1-3(6)2-5;3-1(4)2(5)6/h5-6,8H,2-3H2,1H3;3-6H,1-2H2;(H,3,4)(H,5,6). The van der Waals surface area contributed by atoms with Gasteiger partial charge in [-0.25, -0.2) is 9.59 Å². The number of rotatable bonds is 5. The van der Waals surface area contributed by atoms with Gasteiger partial charge in [-0.15, -0.1) is 0 Å². The molecule has 7 N–H and O–H groups in total. The molecule has 0 aliphatic rings. The molecule has 0 spiro atoms. The van der Waals surface area contributed by atoms with Crippen LogP contribution in [0.5, 0.6) is 0 Å².